The molecule has 1 aromatic carbocycles. The average molecular weight is 406 g/mol. The highest BCUT2D eigenvalue weighted by Gasteiger charge is 2.60. The Bertz CT molecular complexity index is 917. The molecule has 5 rings (SSSR count). The highest BCUT2D eigenvalue weighted by molar-refractivity contribution is 5.93. The van der Waals surface area contributed by atoms with Crippen LogP contribution >= 0.6 is 0 Å². The van der Waals surface area contributed by atoms with Crippen LogP contribution in [0.3, 0.4) is 0 Å². The van der Waals surface area contributed by atoms with Crippen LogP contribution in [0.25, 0.3) is 0 Å². The molecule has 3 saturated carbocycles. The van der Waals surface area contributed by atoms with Gasteiger partial charge in [-0.15, -0.1) is 0 Å². The van der Waals surface area contributed by atoms with Gasteiger partial charge in [0.1, 0.15) is 0 Å². The smallest absolute Gasteiger partial charge is 0.228 e. The Balaban J connectivity index is 1.37. The first-order valence-electron chi connectivity index (χ1n) is 11.9. The zero-order valence-electron chi connectivity index (χ0n) is 18.7. The molecular weight excluding hydrogens is 370 g/mol. The fraction of sp³-hybridized carbons (Fsp3) is 0.630. The summed E-state index contributed by atoms with van der Waals surface area (Å²) in [5, 5.41) is 3.23. The highest BCUT2D eigenvalue weighted by atomic mass is 16.2. The van der Waals surface area contributed by atoms with E-state index >= 15 is 0 Å². The molecule has 1 N–H and O–H groups in total. The van der Waals surface area contributed by atoms with Gasteiger partial charge in [0.05, 0.1) is 0 Å². The Morgan fingerprint density at radius 1 is 1.03 bits per heavy atom. The summed E-state index contributed by atoms with van der Waals surface area (Å²) in [4.78, 5) is 25.3. The lowest BCUT2D eigenvalue weighted by Gasteiger charge is -2.58. The Hall–Kier alpha value is -1.90. The SMILES string of the molecule is Cc1cccc(NC(=O)[C@H]2CC[C@H]3[C@@H]4CCC5=CC(=O)CC[C@]5(C)[C@H]4CC[C@]23C)c1. The number of aryl methyl sites for hydroxylation is 1. The van der Waals surface area contributed by atoms with E-state index in [1.807, 2.05) is 18.2 Å². The molecule has 1 aromatic rings. The number of amides is 1. The second-order valence-electron chi connectivity index (χ2n) is 11.0. The number of carbonyl (C=O) groups is 2. The van der Waals surface area contributed by atoms with Crippen LogP contribution in [-0.4, -0.2) is 11.7 Å². The van der Waals surface area contributed by atoms with Gasteiger partial charge >= 0.3 is 0 Å². The lowest BCUT2D eigenvalue weighted by molar-refractivity contribution is -0.127. The number of hydrogen-bond acceptors (Lipinski definition) is 2. The first-order chi connectivity index (χ1) is 14.3. The minimum Gasteiger partial charge on any atom is -0.326 e. The van der Waals surface area contributed by atoms with E-state index in [0.29, 0.717) is 30.0 Å². The normalized spacial score (nSPS) is 40.1. The van der Waals surface area contributed by atoms with Crippen molar-refractivity contribution in [2.24, 2.45) is 34.5 Å². The Morgan fingerprint density at radius 2 is 1.87 bits per heavy atom. The van der Waals surface area contributed by atoms with Crippen molar-refractivity contribution in [3.05, 3.63) is 41.5 Å². The van der Waals surface area contributed by atoms with E-state index in [-0.39, 0.29) is 22.7 Å². The van der Waals surface area contributed by atoms with Crippen LogP contribution < -0.4 is 5.32 Å². The molecule has 0 spiro atoms. The van der Waals surface area contributed by atoms with Gasteiger partial charge in [0, 0.05) is 18.0 Å². The number of nitrogens with one attached hydrogen (secondary N) is 1. The topological polar surface area (TPSA) is 46.2 Å². The van der Waals surface area contributed by atoms with Gasteiger partial charge in [0.2, 0.25) is 5.91 Å². The fourth-order valence-electron chi connectivity index (χ4n) is 7.94. The summed E-state index contributed by atoms with van der Waals surface area (Å²) in [6.45, 7) is 6.90. The molecule has 0 aromatic heterocycles. The van der Waals surface area contributed by atoms with E-state index in [1.54, 1.807) is 0 Å². The minimum atomic E-state index is 0.108. The standard InChI is InChI=1S/C27H35NO2/c1-17-5-4-6-19(15-17)28-25(30)24-10-9-22-21-8-7-18-16-20(29)11-13-26(18,2)23(21)12-14-27(22,24)3/h4-6,15-16,21-24H,7-14H2,1-3H3,(H,28,30)/t21-,22-,23-,24+,26-,27-/m0/s1. The number of fused-ring (bicyclic) bond motifs is 5. The van der Waals surface area contributed by atoms with E-state index in [9.17, 15) is 9.59 Å². The molecule has 4 aliphatic carbocycles. The molecule has 1 amide bonds. The predicted octanol–water partition coefficient (Wildman–Crippen LogP) is 6.08. The van der Waals surface area contributed by atoms with Crippen molar-refractivity contribution < 1.29 is 9.59 Å². The quantitative estimate of drug-likeness (QED) is 0.648. The summed E-state index contributed by atoms with van der Waals surface area (Å²) >= 11 is 0. The average Bonchev–Trinajstić information content (AvgIpc) is 3.06. The molecule has 3 fully saturated rings. The van der Waals surface area contributed by atoms with Crippen LogP contribution in [0.4, 0.5) is 5.69 Å². The van der Waals surface area contributed by atoms with E-state index in [4.69, 9.17) is 0 Å². The number of rotatable bonds is 2. The van der Waals surface area contributed by atoms with E-state index in [0.717, 1.165) is 31.4 Å². The van der Waals surface area contributed by atoms with Crippen molar-refractivity contribution in [3.8, 4) is 0 Å². The minimum absolute atomic E-state index is 0.108. The molecule has 6 atom stereocenters. The monoisotopic (exact) mass is 405 g/mol. The summed E-state index contributed by atoms with van der Waals surface area (Å²) in [6, 6.07) is 8.13. The number of ketones is 1. The van der Waals surface area contributed by atoms with Crippen LogP contribution in [0.2, 0.25) is 0 Å². The molecule has 0 heterocycles. The molecule has 0 unspecified atom stereocenters. The molecule has 30 heavy (non-hydrogen) atoms. The Morgan fingerprint density at radius 3 is 2.67 bits per heavy atom. The summed E-state index contributed by atoms with van der Waals surface area (Å²) in [5.41, 5.74) is 3.84. The zero-order valence-corrected chi connectivity index (χ0v) is 18.7. The van der Waals surface area contributed by atoms with Crippen molar-refractivity contribution in [1.82, 2.24) is 0 Å². The molecular formula is C27H35NO2. The number of allylic oxidation sites excluding steroid dienone is 1. The third-order valence-electron chi connectivity index (χ3n) is 9.56. The molecule has 0 bridgehead atoms. The van der Waals surface area contributed by atoms with Gasteiger partial charge in [-0.1, -0.05) is 31.6 Å². The van der Waals surface area contributed by atoms with Crippen molar-refractivity contribution in [2.75, 3.05) is 5.32 Å². The van der Waals surface area contributed by atoms with Gasteiger partial charge in [-0.05, 0) is 104 Å². The molecule has 3 heteroatoms. The van der Waals surface area contributed by atoms with Crippen molar-refractivity contribution in [1.29, 1.82) is 0 Å². The number of carbonyl (C=O) groups excluding carboxylic acids is 2. The fourth-order valence-corrected chi connectivity index (χ4v) is 7.94. The highest BCUT2D eigenvalue weighted by Crippen LogP contribution is 2.66. The maximum absolute atomic E-state index is 13.3. The first-order valence-corrected chi connectivity index (χ1v) is 11.9. The van der Waals surface area contributed by atoms with Crippen molar-refractivity contribution in [2.45, 2.75) is 72.1 Å². The van der Waals surface area contributed by atoms with E-state index in [2.05, 4.69) is 38.2 Å². The van der Waals surface area contributed by atoms with E-state index in [1.165, 1.54) is 30.4 Å². The van der Waals surface area contributed by atoms with Crippen molar-refractivity contribution in [3.63, 3.8) is 0 Å². The number of benzene rings is 1. The van der Waals surface area contributed by atoms with Crippen LogP contribution in [-0.2, 0) is 9.59 Å². The number of hydrogen-bond donors (Lipinski definition) is 1. The van der Waals surface area contributed by atoms with Crippen LogP contribution in [0.1, 0.15) is 70.8 Å². The maximum atomic E-state index is 13.3. The predicted molar refractivity (Wildman–Crippen MR) is 120 cm³/mol. The number of anilines is 1. The van der Waals surface area contributed by atoms with Crippen LogP contribution in [0, 0.1) is 41.4 Å². The summed E-state index contributed by atoms with van der Waals surface area (Å²) in [5.74, 6) is 2.69. The van der Waals surface area contributed by atoms with Crippen molar-refractivity contribution >= 4 is 17.4 Å². The van der Waals surface area contributed by atoms with Gasteiger partial charge in [0.15, 0.2) is 5.78 Å². The molecule has 4 aliphatic rings. The molecule has 160 valence electrons. The van der Waals surface area contributed by atoms with Crippen LogP contribution in [0.5, 0.6) is 0 Å². The van der Waals surface area contributed by atoms with Gasteiger partial charge in [0.25, 0.3) is 0 Å². The zero-order chi connectivity index (χ0) is 21.1. The molecule has 0 saturated heterocycles. The summed E-state index contributed by atoms with van der Waals surface area (Å²) in [7, 11) is 0. The third kappa shape index (κ3) is 2.99. The summed E-state index contributed by atoms with van der Waals surface area (Å²) < 4.78 is 0. The molecule has 0 radical (unpaired) electrons. The third-order valence-corrected chi connectivity index (χ3v) is 9.56. The second kappa shape index (κ2) is 7.07. The molecule has 0 aliphatic heterocycles. The lowest BCUT2D eigenvalue weighted by atomic mass is 9.47. The lowest BCUT2D eigenvalue weighted by Crippen LogP contribution is -2.51. The summed E-state index contributed by atoms with van der Waals surface area (Å²) in [6.07, 6.45) is 10.5. The van der Waals surface area contributed by atoms with Gasteiger partial charge in [-0.3, -0.25) is 9.59 Å². The van der Waals surface area contributed by atoms with Gasteiger partial charge in [-0.2, -0.15) is 0 Å². The van der Waals surface area contributed by atoms with E-state index < -0.39 is 0 Å². The first kappa shape index (κ1) is 20.0. The Kier molecular flexibility index (Phi) is 4.72. The van der Waals surface area contributed by atoms with Gasteiger partial charge in [-0.25, -0.2) is 0 Å². The second-order valence-corrected chi connectivity index (χ2v) is 11.0. The largest absolute Gasteiger partial charge is 0.326 e. The Labute approximate surface area is 180 Å². The van der Waals surface area contributed by atoms with Gasteiger partial charge < -0.3 is 5.32 Å². The molecule has 3 nitrogen and oxygen atoms in total. The maximum Gasteiger partial charge on any atom is 0.228 e. The van der Waals surface area contributed by atoms with Crippen LogP contribution in [0.15, 0.2) is 35.9 Å².